The lowest BCUT2D eigenvalue weighted by Crippen LogP contribution is -2.09. The number of aryl methyl sites for hydroxylation is 1. The Morgan fingerprint density at radius 3 is 2.82 bits per heavy atom. The lowest BCUT2D eigenvalue weighted by molar-refractivity contribution is -0.140. The molecule has 0 fully saturated rings. The zero-order valence-corrected chi connectivity index (χ0v) is 17.3. The molecule has 1 aliphatic rings. The van der Waals surface area contributed by atoms with E-state index in [9.17, 15) is 4.79 Å². The molecule has 3 aromatic rings. The van der Waals surface area contributed by atoms with Gasteiger partial charge in [-0.1, -0.05) is 22.0 Å². The molecule has 2 aromatic heterocycles. The second-order valence-corrected chi connectivity index (χ2v) is 7.64. The van der Waals surface area contributed by atoms with E-state index in [1.807, 2.05) is 24.3 Å². The molecule has 0 spiro atoms. The van der Waals surface area contributed by atoms with Gasteiger partial charge in [-0.15, -0.1) is 0 Å². The van der Waals surface area contributed by atoms with Crippen molar-refractivity contribution in [3.05, 3.63) is 81.8 Å². The summed E-state index contributed by atoms with van der Waals surface area (Å²) in [6.45, 7) is 2.08. The van der Waals surface area contributed by atoms with E-state index >= 15 is 0 Å². The lowest BCUT2D eigenvalue weighted by atomic mass is 10.0. The number of methoxy groups -OCH3 is 1. The zero-order valence-electron chi connectivity index (χ0n) is 15.7. The van der Waals surface area contributed by atoms with Crippen molar-refractivity contribution in [1.29, 1.82) is 0 Å². The largest absolute Gasteiger partial charge is 0.469 e. The summed E-state index contributed by atoms with van der Waals surface area (Å²) in [7, 11) is 1.41. The van der Waals surface area contributed by atoms with Gasteiger partial charge >= 0.3 is 5.97 Å². The van der Waals surface area contributed by atoms with Crippen molar-refractivity contribution in [2.45, 2.75) is 25.8 Å². The molecule has 0 unspecified atom stereocenters. The van der Waals surface area contributed by atoms with Gasteiger partial charge in [0, 0.05) is 34.0 Å². The van der Waals surface area contributed by atoms with Crippen LogP contribution in [0.3, 0.4) is 0 Å². The van der Waals surface area contributed by atoms with Crippen LogP contribution in [0.25, 0.3) is 5.69 Å². The number of carbonyl (C=O) groups is 1. The SMILES string of the molecule is COC(=O)CC[C@@H]1N=C(c2ccccn2)c2cc(Br)ccc2-n2c(C)ccc21. The van der Waals surface area contributed by atoms with Gasteiger partial charge in [0.05, 0.1) is 30.2 Å². The van der Waals surface area contributed by atoms with Gasteiger partial charge in [0.2, 0.25) is 0 Å². The van der Waals surface area contributed by atoms with Gasteiger partial charge in [0.15, 0.2) is 0 Å². The molecule has 6 heteroatoms. The smallest absolute Gasteiger partial charge is 0.305 e. The highest BCUT2D eigenvalue weighted by Gasteiger charge is 2.27. The normalized spacial score (nSPS) is 15.2. The molecule has 0 radical (unpaired) electrons. The minimum absolute atomic E-state index is 0.170. The third-order valence-corrected chi connectivity index (χ3v) is 5.44. The zero-order chi connectivity index (χ0) is 19.7. The maximum atomic E-state index is 11.8. The van der Waals surface area contributed by atoms with E-state index in [1.54, 1.807) is 6.20 Å². The Hall–Kier alpha value is -2.73. The Balaban J connectivity index is 1.93. The van der Waals surface area contributed by atoms with Crippen molar-refractivity contribution in [1.82, 2.24) is 9.55 Å². The molecule has 0 saturated heterocycles. The first kappa shape index (κ1) is 18.6. The number of hydrogen-bond donors (Lipinski definition) is 0. The number of ether oxygens (including phenoxy) is 1. The third-order valence-electron chi connectivity index (χ3n) is 4.94. The topological polar surface area (TPSA) is 56.5 Å². The Kier molecular flexibility index (Phi) is 5.13. The number of nitrogens with zero attached hydrogens (tertiary/aromatic N) is 3. The molecule has 142 valence electrons. The molecule has 1 aliphatic heterocycles. The minimum Gasteiger partial charge on any atom is -0.469 e. The van der Waals surface area contributed by atoms with Gasteiger partial charge in [0.25, 0.3) is 0 Å². The summed E-state index contributed by atoms with van der Waals surface area (Å²) in [6, 6.07) is 16.0. The van der Waals surface area contributed by atoms with E-state index < -0.39 is 0 Å². The number of aliphatic imine (C=N–C) groups is 1. The Bertz CT molecular complexity index is 1060. The molecule has 0 N–H and O–H groups in total. The molecule has 1 aromatic carbocycles. The average Bonchev–Trinajstić information content (AvgIpc) is 3.03. The molecule has 0 bridgehead atoms. The standard InChI is InChI=1S/C22H20BrN3O2/c1-14-6-9-20-17(8-11-21(27)28-2)25-22(18-5-3-4-12-24-18)16-13-15(23)7-10-19(16)26(14)20/h3-7,9-10,12-13,17H,8,11H2,1-2H3/t17-/m0/s1. The van der Waals surface area contributed by atoms with Crippen LogP contribution in [-0.4, -0.2) is 28.3 Å². The molecule has 28 heavy (non-hydrogen) atoms. The third kappa shape index (κ3) is 3.40. The first-order valence-electron chi connectivity index (χ1n) is 9.13. The highest BCUT2D eigenvalue weighted by atomic mass is 79.9. The molecule has 3 heterocycles. The monoisotopic (exact) mass is 437 g/mol. The van der Waals surface area contributed by atoms with Crippen molar-refractivity contribution in [2.24, 2.45) is 4.99 Å². The van der Waals surface area contributed by atoms with E-state index in [0.717, 1.165) is 38.5 Å². The predicted octanol–water partition coefficient (Wildman–Crippen LogP) is 4.79. The summed E-state index contributed by atoms with van der Waals surface area (Å²) >= 11 is 3.59. The second kappa shape index (κ2) is 7.72. The van der Waals surface area contributed by atoms with Crippen molar-refractivity contribution in [2.75, 3.05) is 7.11 Å². The van der Waals surface area contributed by atoms with E-state index in [-0.39, 0.29) is 12.0 Å². The van der Waals surface area contributed by atoms with Crippen LogP contribution >= 0.6 is 15.9 Å². The molecule has 1 atom stereocenters. The molecular weight excluding hydrogens is 418 g/mol. The highest BCUT2D eigenvalue weighted by molar-refractivity contribution is 9.10. The van der Waals surface area contributed by atoms with Crippen LogP contribution in [0, 0.1) is 6.92 Å². The van der Waals surface area contributed by atoms with Crippen LogP contribution in [-0.2, 0) is 9.53 Å². The number of pyridine rings is 1. The fourth-order valence-electron chi connectivity index (χ4n) is 3.61. The van der Waals surface area contributed by atoms with E-state index in [0.29, 0.717) is 12.8 Å². The lowest BCUT2D eigenvalue weighted by Gasteiger charge is -2.15. The van der Waals surface area contributed by atoms with E-state index in [4.69, 9.17) is 9.73 Å². The van der Waals surface area contributed by atoms with Crippen molar-refractivity contribution in [3.63, 3.8) is 0 Å². The first-order chi connectivity index (χ1) is 13.6. The summed E-state index contributed by atoms with van der Waals surface area (Å²) in [4.78, 5) is 21.4. The number of rotatable bonds is 4. The first-order valence-corrected chi connectivity index (χ1v) is 9.92. The fourth-order valence-corrected chi connectivity index (χ4v) is 3.97. The van der Waals surface area contributed by atoms with Crippen LogP contribution in [0.2, 0.25) is 0 Å². The molecule has 0 amide bonds. The van der Waals surface area contributed by atoms with Crippen LogP contribution < -0.4 is 0 Å². The number of fused-ring (bicyclic) bond motifs is 3. The van der Waals surface area contributed by atoms with Crippen LogP contribution in [0.15, 0.2) is 64.2 Å². The van der Waals surface area contributed by atoms with E-state index in [2.05, 4.69) is 56.7 Å². The van der Waals surface area contributed by atoms with Gasteiger partial charge in [-0.3, -0.25) is 14.8 Å². The highest BCUT2D eigenvalue weighted by Crippen LogP contribution is 2.35. The van der Waals surface area contributed by atoms with Crippen LogP contribution in [0.1, 0.15) is 41.5 Å². The molecular formula is C22H20BrN3O2. The Morgan fingerprint density at radius 1 is 1.21 bits per heavy atom. The summed E-state index contributed by atoms with van der Waals surface area (Å²) in [6.07, 6.45) is 2.65. The van der Waals surface area contributed by atoms with Gasteiger partial charge < -0.3 is 9.30 Å². The maximum absolute atomic E-state index is 11.8. The Morgan fingerprint density at radius 2 is 2.07 bits per heavy atom. The molecule has 0 aliphatic carbocycles. The quantitative estimate of drug-likeness (QED) is 0.551. The number of esters is 1. The fraction of sp³-hybridized carbons (Fsp3) is 0.227. The van der Waals surface area contributed by atoms with Crippen molar-refractivity contribution < 1.29 is 9.53 Å². The summed E-state index contributed by atoms with van der Waals surface area (Å²) in [5.41, 5.74) is 5.90. The Labute approximate surface area is 172 Å². The number of aromatic nitrogens is 2. The number of carbonyl (C=O) groups excluding carboxylic acids is 1. The summed E-state index contributed by atoms with van der Waals surface area (Å²) in [5.74, 6) is -0.228. The number of hydrogen-bond acceptors (Lipinski definition) is 4. The van der Waals surface area contributed by atoms with Gasteiger partial charge in [-0.25, -0.2) is 0 Å². The van der Waals surface area contributed by atoms with Crippen molar-refractivity contribution in [3.8, 4) is 5.69 Å². The van der Waals surface area contributed by atoms with Crippen molar-refractivity contribution >= 4 is 27.6 Å². The van der Waals surface area contributed by atoms with E-state index in [1.165, 1.54) is 7.11 Å². The predicted molar refractivity (Wildman–Crippen MR) is 112 cm³/mol. The van der Waals surface area contributed by atoms with Gasteiger partial charge in [0.1, 0.15) is 0 Å². The summed E-state index contributed by atoms with van der Waals surface area (Å²) < 4.78 is 8.05. The number of benzene rings is 1. The molecule has 0 saturated carbocycles. The van der Waals surface area contributed by atoms with Gasteiger partial charge in [-0.2, -0.15) is 0 Å². The van der Waals surface area contributed by atoms with Gasteiger partial charge in [-0.05, 0) is 55.8 Å². The molecule has 5 nitrogen and oxygen atoms in total. The summed E-state index contributed by atoms with van der Waals surface area (Å²) in [5, 5.41) is 0. The maximum Gasteiger partial charge on any atom is 0.305 e. The van der Waals surface area contributed by atoms with Crippen LogP contribution in [0.5, 0.6) is 0 Å². The number of halogens is 1. The second-order valence-electron chi connectivity index (χ2n) is 6.72. The minimum atomic E-state index is -0.228. The molecule has 4 rings (SSSR count). The van der Waals surface area contributed by atoms with Crippen LogP contribution in [0.4, 0.5) is 0 Å². The average molecular weight is 438 g/mol.